The molecule has 1 aliphatic heterocycles. The van der Waals surface area contributed by atoms with Gasteiger partial charge in [0.1, 0.15) is 11.3 Å². The van der Waals surface area contributed by atoms with Gasteiger partial charge in [-0.05, 0) is 202 Å². The molecule has 3 aliphatic rings. The molecular formula is C91H59N3OS2. The van der Waals surface area contributed by atoms with Crippen LogP contribution in [0.3, 0.4) is 0 Å². The van der Waals surface area contributed by atoms with Crippen LogP contribution in [0.15, 0.2) is 342 Å². The molecule has 14 aromatic carbocycles. The van der Waals surface area contributed by atoms with Crippen molar-refractivity contribution in [3.05, 3.63) is 361 Å². The lowest BCUT2D eigenvalue weighted by Gasteiger charge is -2.39. The molecule has 0 saturated heterocycles. The minimum Gasteiger partial charge on any atom is -0.456 e. The zero-order chi connectivity index (χ0) is 63.7. The van der Waals surface area contributed by atoms with Crippen molar-refractivity contribution in [2.24, 2.45) is 0 Å². The highest BCUT2D eigenvalue weighted by Gasteiger charge is 2.50. The zero-order valence-electron chi connectivity index (χ0n) is 52.7. The number of para-hydroxylation sites is 3. The van der Waals surface area contributed by atoms with Gasteiger partial charge >= 0.3 is 0 Å². The Kier molecular flexibility index (Phi) is 12.8. The van der Waals surface area contributed by atoms with Gasteiger partial charge in [-0.1, -0.05) is 212 Å². The number of rotatable bonds is 10. The molecule has 0 bridgehead atoms. The number of furan rings is 1. The summed E-state index contributed by atoms with van der Waals surface area (Å²) < 4.78 is 11.8. The maximum Gasteiger partial charge on any atom is 0.143 e. The van der Waals surface area contributed by atoms with Crippen molar-refractivity contribution in [2.75, 3.05) is 9.80 Å². The molecule has 0 atom stereocenters. The fraction of sp³-hybridized carbons (Fsp3) is 0.0330. The summed E-state index contributed by atoms with van der Waals surface area (Å²) in [5, 5.41) is 6.07. The molecule has 6 heteroatoms. The topological polar surface area (TPSA) is 24.6 Å². The first-order valence-corrected chi connectivity index (χ1v) is 35.1. The number of allylic oxidation sites excluding steroid dienone is 1. The first-order valence-electron chi connectivity index (χ1n) is 33.4. The second-order valence-electron chi connectivity index (χ2n) is 25.7. The van der Waals surface area contributed by atoms with Gasteiger partial charge in [-0.2, -0.15) is 0 Å². The van der Waals surface area contributed by atoms with Gasteiger partial charge in [-0.15, -0.1) is 11.3 Å². The van der Waals surface area contributed by atoms with E-state index in [2.05, 4.69) is 348 Å². The number of aromatic nitrogens is 1. The number of anilines is 6. The van der Waals surface area contributed by atoms with Crippen LogP contribution in [0.25, 0.3) is 109 Å². The largest absolute Gasteiger partial charge is 0.456 e. The van der Waals surface area contributed by atoms with Crippen LogP contribution in [0.2, 0.25) is 0 Å². The molecule has 4 heterocycles. The van der Waals surface area contributed by atoms with Crippen LogP contribution in [-0.4, -0.2) is 4.57 Å². The average molecular weight is 1270 g/mol. The Balaban J connectivity index is 0.806. The third kappa shape index (κ3) is 8.63. The van der Waals surface area contributed by atoms with Crippen molar-refractivity contribution in [2.45, 2.75) is 28.0 Å². The molecule has 2 aliphatic carbocycles. The SMILES string of the molecule is C1=Cc2oc3c(-c4ccccc4)cc(N(c4ccccc4)c4ccc5c(c4)-c4cc(-c6ccc7c(c6)c6cc(N(c8ccccc8)c8ccc9sc%10ccccc%10c9c8-c8ccccc8)ccc6n7-c6ccccc6)ccc4C54c5ccccc5Sc5ccccc54)cc3c2CC1. The summed E-state index contributed by atoms with van der Waals surface area (Å²) in [4.78, 5) is 7.50. The standard InChI is InChI=1S/C91H59N3OS2/c1-6-24-58(25-7-1)70-56-67(57-75-68-34-16-20-38-83(68)95-90(70)75)92(62-28-10-3-11-29-62)65-44-47-77-72(54-65)71-52-60(42-46-76(71)91(77)78-36-18-22-40-85(78)97-86-41-23-19-37-79(86)91)61-43-48-80-73(53-61)74-55-66(45-49-81(74)94(80)64-32-14-5-15-33-64)93(63-30-12-4-13-31-63)82-50-51-87-89(69-35-17-21-39-84(69)96-87)88(82)59-26-8-2-9-27-59/h1-15,17-33,35-57H,16,34H2. The van der Waals surface area contributed by atoms with Crippen molar-refractivity contribution in [3.8, 4) is 50.2 Å². The number of fused-ring (bicyclic) bond motifs is 18. The molecule has 97 heavy (non-hydrogen) atoms. The predicted molar refractivity (Wildman–Crippen MR) is 408 cm³/mol. The third-order valence-corrected chi connectivity index (χ3v) is 22.8. The fourth-order valence-electron chi connectivity index (χ4n) is 16.3. The quantitative estimate of drug-likeness (QED) is 0.136. The molecule has 17 aromatic rings. The van der Waals surface area contributed by atoms with Gasteiger partial charge in [0.2, 0.25) is 0 Å². The van der Waals surface area contributed by atoms with E-state index in [0.717, 1.165) is 103 Å². The lowest BCUT2D eigenvalue weighted by molar-refractivity contribution is 0.596. The van der Waals surface area contributed by atoms with Crippen LogP contribution in [0.1, 0.15) is 40.0 Å². The van der Waals surface area contributed by atoms with Gasteiger partial charge in [0.05, 0.1) is 22.1 Å². The van der Waals surface area contributed by atoms with Gasteiger partial charge < -0.3 is 18.8 Å². The van der Waals surface area contributed by atoms with Crippen molar-refractivity contribution in [1.29, 1.82) is 0 Å². The minimum absolute atomic E-state index is 0.587. The van der Waals surface area contributed by atoms with E-state index in [1.54, 1.807) is 0 Å². The van der Waals surface area contributed by atoms with Gasteiger partial charge in [-0.3, -0.25) is 0 Å². The third-order valence-electron chi connectivity index (χ3n) is 20.5. The monoisotopic (exact) mass is 1270 g/mol. The summed E-state index contributed by atoms with van der Waals surface area (Å²) in [6.07, 6.45) is 6.31. The van der Waals surface area contributed by atoms with Crippen LogP contribution < -0.4 is 9.80 Å². The second-order valence-corrected chi connectivity index (χ2v) is 27.9. The summed E-state index contributed by atoms with van der Waals surface area (Å²) >= 11 is 3.75. The molecule has 0 saturated carbocycles. The molecule has 1 spiro atoms. The second kappa shape index (κ2) is 22.2. The van der Waals surface area contributed by atoms with Crippen LogP contribution in [0.4, 0.5) is 34.1 Å². The lowest BCUT2D eigenvalue weighted by atomic mass is 9.67. The molecule has 4 nitrogen and oxygen atoms in total. The number of nitrogens with zero attached hydrogens (tertiary/aromatic N) is 3. The van der Waals surface area contributed by atoms with E-state index < -0.39 is 5.41 Å². The van der Waals surface area contributed by atoms with E-state index in [4.69, 9.17) is 4.42 Å². The van der Waals surface area contributed by atoms with Gasteiger partial charge in [0.25, 0.3) is 0 Å². The Morgan fingerprint density at radius 2 is 0.928 bits per heavy atom. The average Bonchev–Trinajstić information content (AvgIpc) is 1.56. The lowest BCUT2D eigenvalue weighted by Crippen LogP contribution is -2.31. The maximum atomic E-state index is 6.83. The van der Waals surface area contributed by atoms with E-state index in [1.807, 2.05) is 23.1 Å². The van der Waals surface area contributed by atoms with E-state index in [9.17, 15) is 0 Å². The van der Waals surface area contributed by atoms with Crippen molar-refractivity contribution < 1.29 is 4.42 Å². The summed E-state index contributed by atoms with van der Waals surface area (Å²) in [5.41, 5.74) is 26.1. The number of benzene rings is 14. The first kappa shape index (κ1) is 55.8. The van der Waals surface area contributed by atoms with E-state index >= 15 is 0 Å². The van der Waals surface area contributed by atoms with Crippen LogP contribution in [-0.2, 0) is 11.8 Å². The smallest absolute Gasteiger partial charge is 0.143 e. The highest BCUT2D eigenvalue weighted by Crippen LogP contribution is 2.63. The molecule has 3 aromatic heterocycles. The fourth-order valence-corrected chi connectivity index (χ4v) is 18.6. The Hall–Kier alpha value is -11.7. The normalized spacial score (nSPS) is 13.3. The Morgan fingerprint density at radius 1 is 0.371 bits per heavy atom. The summed E-state index contributed by atoms with van der Waals surface area (Å²) in [7, 11) is 0. The predicted octanol–water partition coefficient (Wildman–Crippen LogP) is 25.6. The Bertz CT molecular complexity index is 6000. The highest BCUT2D eigenvalue weighted by atomic mass is 32.2. The first-order chi connectivity index (χ1) is 48.1. The molecule has 20 rings (SSSR count). The zero-order valence-corrected chi connectivity index (χ0v) is 54.4. The van der Waals surface area contributed by atoms with Crippen molar-refractivity contribution >= 4 is 116 Å². The number of thiophene rings is 1. The Morgan fingerprint density at radius 3 is 1.67 bits per heavy atom. The van der Waals surface area contributed by atoms with Gasteiger partial charge in [-0.25, -0.2) is 0 Å². The molecule has 0 amide bonds. The summed E-state index contributed by atoms with van der Waals surface area (Å²) in [6, 6.07) is 120. The van der Waals surface area contributed by atoms with E-state index in [-0.39, 0.29) is 0 Å². The highest BCUT2D eigenvalue weighted by molar-refractivity contribution is 7.99. The molecular weight excluding hydrogens is 1220 g/mol. The summed E-state index contributed by atoms with van der Waals surface area (Å²) in [6.45, 7) is 0. The van der Waals surface area contributed by atoms with E-state index in [0.29, 0.717) is 0 Å². The van der Waals surface area contributed by atoms with Crippen LogP contribution >= 0.6 is 23.1 Å². The molecule has 0 fully saturated rings. The van der Waals surface area contributed by atoms with Crippen molar-refractivity contribution in [3.63, 3.8) is 0 Å². The number of hydrogen-bond acceptors (Lipinski definition) is 5. The van der Waals surface area contributed by atoms with Crippen LogP contribution in [0.5, 0.6) is 0 Å². The maximum absolute atomic E-state index is 6.83. The van der Waals surface area contributed by atoms with Crippen LogP contribution in [0, 0.1) is 0 Å². The molecule has 0 N–H and O–H groups in total. The van der Waals surface area contributed by atoms with Gasteiger partial charge in [0, 0.05) is 96.9 Å². The molecule has 456 valence electrons. The Labute approximate surface area is 570 Å². The number of hydrogen-bond donors (Lipinski definition) is 0. The molecule has 0 unspecified atom stereocenters. The minimum atomic E-state index is -0.587. The van der Waals surface area contributed by atoms with Gasteiger partial charge in [0.15, 0.2) is 0 Å². The van der Waals surface area contributed by atoms with E-state index in [1.165, 1.54) is 90.8 Å². The molecule has 0 radical (unpaired) electrons. The summed E-state index contributed by atoms with van der Waals surface area (Å²) in [5.74, 6) is 0.957. The van der Waals surface area contributed by atoms with Crippen molar-refractivity contribution in [1.82, 2.24) is 4.57 Å². The number of aryl methyl sites for hydroxylation is 1.